The number of hydrogen-bond acceptors (Lipinski definition) is 5. The first-order chi connectivity index (χ1) is 9.74. The van der Waals surface area contributed by atoms with E-state index in [-0.39, 0.29) is 17.7 Å². The summed E-state index contributed by atoms with van der Waals surface area (Å²) in [6.45, 7) is 5.26. The lowest BCUT2D eigenvalue weighted by Gasteiger charge is -2.34. The van der Waals surface area contributed by atoms with Gasteiger partial charge in [0.15, 0.2) is 5.82 Å². The second kappa shape index (κ2) is 5.91. The minimum Gasteiger partial charge on any atom is -0.342 e. The maximum absolute atomic E-state index is 12.6. The van der Waals surface area contributed by atoms with Crippen molar-refractivity contribution in [1.29, 1.82) is 0 Å². The number of likely N-dealkylation sites (tertiary alicyclic amines) is 1. The van der Waals surface area contributed by atoms with Crippen molar-refractivity contribution in [2.45, 2.75) is 38.5 Å². The van der Waals surface area contributed by atoms with Gasteiger partial charge in [0, 0.05) is 19.6 Å². The number of carbonyl (C=O) groups is 1. The number of nitrogens with one attached hydrogen (secondary N) is 1. The molecule has 6 heteroatoms. The van der Waals surface area contributed by atoms with E-state index in [1.165, 1.54) is 0 Å². The molecule has 3 heterocycles. The zero-order valence-electron chi connectivity index (χ0n) is 12.0. The molecule has 0 aromatic carbocycles. The highest BCUT2D eigenvalue weighted by atomic mass is 16.5. The topological polar surface area (TPSA) is 71.3 Å². The van der Waals surface area contributed by atoms with Gasteiger partial charge in [-0.3, -0.25) is 4.79 Å². The molecule has 2 aliphatic heterocycles. The molecule has 6 nitrogen and oxygen atoms in total. The Labute approximate surface area is 118 Å². The summed E-state index contributed by atoms with van der Waals surface area (Å²) >= 11 is 0. The number of aryl methyl sites for hydroxylation is 1. The number of nitrogens with zero attached hydrogens (tertiary/aromatic N) is 3. The highest BCUT2D eigenvalue weighted by Gasteiger charge is 2.32. The lowest BCUT2D eigenvalue weighted by Crippen LogP contribution is -2.46. The molecule has 2 unspecified atom stereocenters. The molecule has 1 aromatic rings. The summed E-state index contributed by atoms with van der Waals surface area (Å²) in [5.74, 6) is 1.98. The number of carbonyl (C=O) groups excluding carboxylic acids is 1. The van der Waals surface area contributed by atoms with E-state index in [4.69, 9.17) is 4.52 Å². The van der Waals surface area contributed by atoms with Crippen LogP contribution in [0.1, 0.15) is 43.3 Å². The quantitative estimate of drug-likeness (QED) is 0.876. The number of amides is 1. The molecule has 0 aliphatic carbocycles. The molecule has 2 fully saturated rings. The fourth-order valence-electron chi connectivity index (χ4n) is 3.18. The number of aromatic nitrogens is 2. The second-order valence-corrected chi connectivity index (χ2v) is 5.85. The largest absolute Gasteiger partial charge is 0.342 e. The fraction of sp³-hybridized carbons (Fsp3) is 0.786. The molecule has 1 N–H and O–H groups in total. The van der Waals surface area contributed by atoms with Gasteiger partial charge in [-0.15, -0.1) is 0 Å². The van der Waals surface area contributed by atoms with Gasteiger partial charge in [0.2, 0.25) is 11.8 Å². The van der Waals surface area contributed by atoms with Gasteiger partial charge in [-0.2, -0.15) is 4.98 Å². The van der Waals surface area contributed by atoms with Crippen molar-refractivity contribution in [2.75, 3.05) is 26.2 Å². The van der Waals surface area contributed by atoms with Crippen LogP contribution in [0.4, 0.5) is 0 Å². The first-order valence-electron chi connectivity index (χ1n) is 7.54. The SMILES string of the molecule is Cc1noc(C2CCCN(C(=O)C3CCCNC3)C2)n1. The summed E-state index contributed by atoms with van der Waals surface area (Å²) in [5.41, 5.74) is 0. The van der Waals surface area contributed by atoms with E-state index < -0.39 is 0 Å². The summed E-state index contributed by atoms with van der Waals surface area (Å²) in [6, 6.07) is 0. The van der Waals surface area contributed by atoms with Crippen molar-refractivity contribution in [3.8, 4) is 0 Å². The van der Waals surface area contributed by atoms with Crippen molar-refractivity contribution in [2.24, 2.45) is 5.92 Å². The number of hydrogen-bond donors (Lipinski definition) is 1. The second-order valence-electron chi connectivity index (χ2n) is 5.85. The summed E-state index contributed by atoms with van der Waals surface area (Å²) in [5, 5.41) is 7.16. The van der Waals surface area contributed by atoms with Gasteiger partial charge in [-0.05, 0) is 39.2 Å². The van der Waals surface area contributed by atoms with Gasteiger partial charge >= 0.3 is 0 Å². The van der Waals surface area contributed by atoms with Crippen LogP contribution in [0.5, 0.6) is 0 Å². The van der Waals surface area contributed by atoms with Crippen molar-refractivity contribution >= 4 is 5.91 Å². The van der Waals surface area contributed by atoms with Crippen LogP contribution in [0, 0.1) is 12.8 Å². The van der Waals surface area contributed by atoms with Crippen LogP contribution in [0.15, 0.2) is 4.52 Å². The van der Waals surface area contributed by atoms with E-state index in [1.54, 1.807) is 0 Å². The summed E-state index contributed by atoms with van der Waals surface area (Å²) in [4.78, 5) is 18.9. The Balaban J connectivity index is 1.63. The van der Waals surface area contributed by atoms with Crippen LogP contribution in [0.3, 0.4) is 0 Å². The van der Waals surface area contributed by atoms with Crippen LogP contribution in [0.25, 0.3) is 0 Å². The predicted octanol–water partition coefficient (Wildman–Crippen LogP) is 1.08. The van der Waals surface area contributed by atoms with Crippen molar-refractivity contribution in [1.82, 2.24) is 20.4 Å². The molecule has 1 aromatic heterocycles. The molecular weight excluding hydrogens is 256 g/mol. The van der Waals surface area contributed by atoms with Crippen molar-refractivity contribution < 1.29 is 9.32 Å². The molecule has 0 bridgehead atoms. The third-order valence-corrected chi connectivity index (χ3v) is 4.27. The van der Waals surface area contributed by atoms with E-state index in [0.717, 1.165) is 51.9 Å². The highest BCUT2D eigenvalue weighted by molar-refractivity contribution is 5.79. The highest BCUT2D eigenvalue weighted by Crippen LogP contribution is 2.27. The Morgan fingerprint density at radius 3 is 3.00 bits per heavy atom. The summed E-state index contributed by atoms with van der Waals surface area (Å²) in [7, 11) is 0. The average molecular weight is 278 g/mol. The molecule has 2 aliphatic rings. The van der Waals surface area contributed by atoms with Crippen LogP contribution in [-0.2, 0) is 4.79 Å². The van der Waals surface area contributed by atoms with Crippen LogP contribution in [-0.4, -0.2) is 47.1 Å². The Hall–Kier alpha value is -1.43. The van der Waals surface area contributed by atoms with E-state index in [9.17, 15) is 4.79 Å². The molecule has 20 heavy (non-hydrogen) atoms. The van der Waals surface area contributed by atoms with Gasteiger partial charge in [0.05, 0.1) is 11.8 Å². The Morgan fingerprint density at radius 1 is 1.40 bits per heavy atom. The molecule has 0 radical (unpaired) electrons. The van der Waals surface area contributed by atoms with Gasteiger partial charge in [-0.25, -0.2) is 0 Å². The molecule has 1 amide bonds. The zero-order valence-corrected chi connectivity index (χ0v) is 12.0. The molecule has 2 saturated heterocycles. The zero-order chi connectivity index (χ0) is 13.9. The third kappa shape index (κ3) is 2.85. The smallest absolute Gasteiger partial charge is 0.231 e. The van der Waals surface area contributed by atoms with Gasteiger partial charge in [-0.1, -0.05) is 5.16 Å². The van der Waals surface area contributed by atoms with Crippen LogP contribution in [0.2, 0.25) is 0 Å². The van der Waals surface area contributed by atoms with Crippen LogP contribution >= 0.6 is 0 Å². The molecule has 0 spiro atoms. The number of rotatable bonds is 2. The minimum atomic E-state index is 0.145. The average Bonchev–Trinajstić information content (AvgIpc) is 2.94. The minimum absolute atomic E-state index is 0.145. The van der Waals surface area contributed by atoms with Gasteiger partial charge in [0.1, 0.15) is 0 Å². The monoisotopic (exact) mass is 278 g/mol. The van der Waals surface area contributed by atoms with Crippen molar-refractivity contribution in [3.63, 3.8) is 0 Å². The first-order valence-corrected chi connectivity index (χ1v) is 7.54. The predicted molar refractivity (Wildman–Crippen MR) is 73.2 cm³/mol. The third-order valence-electron chi connectivity index (χ3n) is 4.27. The molecule has 110 valence electrons. The fourth-order valence-corrected chi connectivity index (χ4v) is 3.18. The number of piperidine rings is 2. The van der Waals surface area contributed by atoms with Crippen LogP contribution < -0.4 is 5.32 Å². The van der Waals surface area contributed by atoms with E-state index in [2.05, 4.69) is 15.5 Å². The Kier molecular flexibility index (Phi) is 4.00. The van der Waals surface area contributed by atoms with E-state index >= 15 is 0 Å². The Bertz CT molecular complexity index is 467. The van der Waals surface area contributed by atoms with Gasteiger partial charge < -0.3 is 14.7 Å². The van der Waals surface area contributed by atoms with Gasteiger partial charge in [0.25, 0.3) is 0 Å². The first kappa shape index (κ1) is 13.5. The summed E-state index contributed by atoms with van der Waals surface area (Å²) in [6.07, 6.45) is 4.13. The standard InChI is InChI=1S/C14H22N4O2/c1-10-16-13(20-17-10)12-5-3-7-18(9-12)14(19)11-4-2-6-15-8-11/h11-12,15H,2-9H2,1H3. The molecule has 3 rings (SSSR count). The lowest BCUT2D eigenvalue weighted by molar-refractivity contribution is -0.137. The molecule has 0 saturated carbocycles. The van der Waals surface area contributed by atoms with E-state index in [0.29, 0.717) is 11.7 Å². The van der Waals surface area contributed by atoms with E-state index in [1.807, 2.05) is 11.8 Å². The maximum Gasteiger partial charge on any atom is 0.231 e. The summed E-state index contributed by atoms with van der Waals surface area (Å²) < 4.78 is 5.27. The van der Waals surface area contributed by atoms with Crippen molar-refractivity contribution in [3.05, 3.63) is 11.7 Å². The maximum atomic E-state index is 12.6. The normalized spacial score (nSPS) is 27.6. The molecular formula is C14H22N4O2. The molecule has 2 atom stereocenters. The Morgan fingerprint density at radius 2 is 2.30 bits per heavy atom. The lowest BCUT2D eigenvalue weighted by atomic mass is 9.93.